The van der Waals surface area contributed by atoms with Crippen molar-refractivity contribution in [1.29, 1.82) is 0 Å². The lowest BCUT2D eigenvalue weighted by Crippen LogP contribution is -2.13. The molecule has 0 saturated carbocycles. The summed E-state index contributed by atoms with van der Waals surface area (Å²) in [6, 6.07) is 5.70. The first kappa shape index (κ1) is 11.9. The summed E-state index contributed by atoms with van der Waals surface area (Å²) >= 11 is 3.40. The monoisotopic (exact) mass is 294 g/mol. The van der Waals surface area contributed by atoms with E-state index in [1.807, 2.05) is 25.1 Å². The Labute approximate surface area is 107 Å². The Kier molecular flexibility index (Phi) is 3.28. The van der Waals surface area contributed by atoms with Crippen LogP contribution in [0.4, 0.5) is 5.69 Å². The number of aromatic nitrogens is 1. The van der Waals surface area contributed by atoms with Crippen LogP contribution in [-0.4, -0.2) is 11.1 Å². The van der Waals surface area contributed by atoms with E-state index in [2.05, 4.69) is 26.4 Å². The minimum atomic E-state index is -0.277. The van der Waals surface area contributed by atoms with Gasteiger partial charge in [-0.3, -0.25) is 4.79 Å². The molecule has 2 rings (SSSR count). The third kappa shape index (κ3) is 2.55. The molecule has 0 bridgehead atoms. The maximum absolute atomic E-state index is 11.9. The number of hydrogen-bond acceptors (Lipinski definition) is 3. The number of anilines is 1. The lowest BCUT2D eigenvalue weighted by molar-refractivity contribution is 0.101. The highest BCUT2D eigenvalue weighted by Crippen LogP contribution is 2.24. The minimum absolute atomic E-state index is 0.277. The van der Waals surface area contributed by atoms with Crippen LogP contribution in [0.15, 0.2) is 33.5 Å². The average molecular weight is 295 g/mol. The second kappa shape index (κ2) is 4.71. The van der Waals surface area contributed by atoms with Crippen LogP contribution in [0.5, 0.6) is 0 Å². The van der Waals surface area contributed by atoms with Crippen molar-refractivity contribution in [2.75, 3.05) is 5.32 Å². The van der Waals surface area contributed by atoms with E-state index in [1.165, 1.54) is 6.26 Å². The summed E-state index contributed by atoms with van der Waals surface area (Å²) in [4.78, 5) is 11.9. The first-order chi connectivity index (χ1) is 8.08. The summed E-state index contributed by atoms with van der Waals surface area (Å²) in [7, 11) is 0. The SMILES string of the molecule is Cc1ccc(NC(=O)c2nocc2C)c(Br)c1. The molecule has 1 N–H and O–H groups in total. The van der Waals surface area contributed by atoms with Gasteiger partial charge in [-0.1, -0.05) is 11.2 Å². The molecule has 0 fully saturated rings. The lowest BCUT2D eigenvalue weighted by Gasteiger charge is -2.06. The minimum Gasteiger partial charge on any atom is -0.364 e. The van der Waals surface area contributed by atoms with Gasteiger partial charge in [-0.15, -0.1) is 0 Å². The molecule has 0 atom stereocenters. The van der Waals surface area contributed by atoms with Crippen LogP contribution in [0.2, 0.25) is 0 Å². The Morgan fingerprint density at radius 2 is 2.18 bits per heavy atom. The molecule has 0 aliphatic rings. The molecule has 0 unspecified atom stereocenters. The van der Waals surface area contributed by atoms with Crippen LogP contribution in [-0.2, 0) is 0 Å². The van der Waals surface area contributed by atoms with Gasteiger partial charge in [0, 0.05) is 10.0 Å². The number of amides is 1. The fourth-order valence-corrected chi connectivity index (χ4v) is 2.00. The normalized spacial score (nSPS) is 10.3. The Balaban J connectivity index is 2.22. The summed E-state index contributed by atoms with van der Waals surface area (Å²) < 4.78 is 5.57. The van der Waals surface area contributed by atoms with E-state index in [0.717, 1.165) is 10.0 Å². The standard InChI is InChI=1S/C12H11BrN2O2/c1-7-3-4-10(9(13)5-7)14-12(16)11-8(2)6-17-15-11/h3-6H,1-2H3,(H,14,16). The quantitative estimate of drug-likeness (QED) is 0.924. The van der Waals surface area contributed by atoms with Crippen LogP contribution >= 0.6 is 15.9 Å². The Morgan fingerprint density at radius 1 is 1.41 bits per heavy atom. The number of hydrogen-bond donors (Lipinski definition) is 1. The number of nitrogens with zero attached hydrogens (tertiary/aromatic N) is 1. The Hall–Kier alpha value is -1.62. The van der Waals surface area contributed by atoms with E-state index in [4.69, 9.17) is 4.52 Å². The molecule has 0 aliphatic heterocycles. The number of aryl methyl sites for hydroxylation is 2. The number of carbonyl (C=O) groups excluding carboxylic acids is 1. The predicted octanol–water partition coefficient (Wildman–Crippen LogP) is 3.31. The molecular weight excluding hydrogens is 284 g/mol. The highest BCUT2D eigenvalue weighted by molar-refractivity contribution is 9.10. The largest absolute Gasteiger partial charge is 0.364 e. The maximum atomic E-state index is 11.9. The van der Waals surface area contributed by atoms with E-state index >= 15 is 0 Å². The van der Waals surface area contributed by atoms with E-state index in [9.17, 15) is 4.79 Å². The van der Waals surface area contributed by atoms with Gasteiger partial charge < -0.3 is 9.84 Å². The first-order valence-electron chi connectivity index (χ1n) is 5.06. The van der Waals surface area contributed by atoms with Crippen LogP contribution in [0, 0.1) is 13.8 Å². The van der Waals surface area contributed by atoms with Gasteiger partial charge in [-0.25, -0.2) is 0 Å². The van der Waals surface area contributed by atoms with Crippen molar-refractivity contribution in [3.05, 3.63) is 45.8 Å². The van der Waals surface area contributed by atoms with E-state index in [-0.39, 0.29) is 5.91 Å². The van der Waals surface area contributed by atoms with Crippen molar-refractivity contribution < 1.29 is 9.32 Å². The highest BCUT2D eigenvalue weighted by atomic mass is 79.9. The molecule has 1 aromatic heterocycles. The number of halogens is 1. The molecule has 5 heteroatoms. The van der Waals surface area contributed by atoms with Gasteiger partial charge >= 0.3 is 0 Å². The van der Waals surface area contributed by atoms with Gasteiger partial charge in [0.2, 0.25) is 0 Å². The van der Waals surface area contributed by atoms with Gasteiger partial charge in [0.05, 0.1) is 5.69 Å². The van der Waals surface area contributed by atoms with Crippen LogP contribution in [0.1, 0.15) is 21.6 Å². The Bertz CT molecular complexity index is 563. The topological polar surface area (TPSA) is 55.1 Å². The molecule has 17 heavy (non-hydrogen) atoms. The third-order valence-electron chi connectivity index (χ3n) is 2.33. The van der Waals surface area contributed by atoms with Crippen LogP contribution in [0.3, 0.4) is 0 Å². The molecule has 0 saturated heterocycles. The van der Waals surface area contributed by atoms with E-state index < -0.39 is 0 Å². The van der Waals surface area contributed by atoms with Crippen molar-refractivity contribution in [3.8, 4) is 0 Å². The summed E-state index contributed by atoms with van der Waals surface area (Å²) in [6.07, 6.45) is 1.44. The van der Waals surface area contributed by atoms with Gasteiger partial charge in [-0.05, 0) is 47.5 Å². The molecule has 0 radical (unpaired) electrons. The fraction of sp³-hybridized carbons (Fsp3) is 0.167. The number of carbonyl (C=O) groups is 1. The molecule has 88 valence electrons. The molecule has 1 amide bonds. The lowest BCUT2D eigenvalue weighted by atomic mass is 10.2. The van der Waals surface area contributed by atoms with Gasteiger partial charge in [0.1, 0.15) is 6.26 Å². The molecule has 1 heterocycles. The average Bonchev–Trinajstić information content (AvgIpc) is 2.68. The third-order valence-corrected chi connectivity index (χ3v) is 2.99. The van der Waals surface area contributed by atoms with Crippen molar-refractivity contribution in [2.45, 2.75) is 13.8 Å². The molecule has 2 aromatic rings. The smallest absolute Gasteiger partial charge is 0.278 e. The van der Waals surface area contributed by atoms with Gasteiger partial charge in [-0.2, -0.15) is 0 Å². The van der Waals surface area contributed by atoms with Crippen molar-refractivity contribution in [3.63, 3.8) is 0 Å². The van der Waals surface area contributed by atoms with Crippen LogP contribution < -0.4 is 5.32 Å². The number of nitrogens with one attached hydrogen (secondary N) is 1. The summed E-state index contributed by atoms with van der Waals surface area (Å²) in [5.74, 6) is -0.277. The fourth-order valence-electron chi connectivity index (χ4n) is 1.41. The van der Waals surface area contributed by atoms with Gasteiger partial charge in [0.15, 0.2) is 5.69 Å². The summed E-state index contributed by atoms with van der Waals surface area (Å²) in [5, 5.41) is 6.43. The first-order valence-corrected chi connectivity index (χ1v) is 5.85. The number of rotatable bonds is 2. The highest BCUT2D eigenvalue weighted by Gasteiger charge is 2.14. The van der Waals surface area contributed by atoms with E-state index in [0.29, 0.717) is 16.9 Å². The van der Waals surface area contributed by atoms with Crippen molar-refractivity contribution >= 4 is 27.5 Å². The van der Waals surface area contributed by atoms with E-state index in [1.54, 1.807) is 6.92 Å². The molecular formula is C12H11BrN2O2. The molecule has 0 aliphatic carbocycles. The zero-order valence-electron chi connectivity index (χ0n) is 9.45. The second-order valence-corrected chi connectivity index (χ2v) is 4.64. The maximum Gasteiger partial charge on any atom is 0.278 e. The van der Waals surface area contributed by atoms with Crippen LogP contribution in [0.25, 0.3) is 0 Å². The number of benzene rings is 1. The van der Waals surface area contributed by atoms with Gasteiger partial charge in [0.25, 0.3) is 5.91 Å². The molecule has 4 nitrogen and oxygen atoms in total. The Morgan fingerprint density at radius 3 is 2.76 bits per heavy atom. The summed E-state index contributed by atoms with van der Waals surface area (Å²) in [6.45, 7) is 3.76. The second-order valence-electron chi connectivity index (χ2n) is 3.78. The van der Waals surface area contributed by atoms with Crippen molar-refractivity contribution in [2.24, 2.45) is 0 Å². The molecule has 1 aromatic carbocycles. The predicted molar refractivity (Wildman–Crippen MR) is 68.1 cm³/mol. The molecule has 0 spiro atoms. The van der Waals surface area contributed by atoms with Crippen molar-refractivity contribution in [1.82, 2.24) is 5.16 Å². The zero-order valence-corrected chi connectivity index (χ0v) is 11.0. The zero-order chi connectivity index (χ0) is 12.4. The summed E-state index contributed by atoms with van der Waals surface area (Å²) in [5.41, 5.74) is 2.85.